The zero-order chi connectivity index (χ0) is 16.0. The summed E-state index contributed by atoms with van der Waals surface area (Å²) >= 11 is 5.69. The Labute approximate surface area is 121 Å². The molecule has 0 spiro atoms. The Kier molecular flexibility index (Phi) is 3.48. The molecule has 0 fully saturated rings. The first kappa shape index (κ1) is 15.4. The number of nitrogens with zero attached hydrogens (tertiary/aromatic N) is 3. The third-order valence-electron chi connectivity index (χ3n) is 2.74. The highest BCUT2D eigenvalue weighted by Gasteiger charge is 2.40. The number of amides is 1. The Balaban J connectivity index is 2.74. The van der Waals surface area contributed by atoms with Gasteiger partial charge in [0, 0.05) is 6.20 Å². The topological polar surface area (TPSA) is 79.5 Å². The minimum Gasteiger partial charge on any atom is -0.465 e. The molecule has 0 unspecified atom stereocenters. The summed E-state index contributed by atoms with van der Waals surface area (Å²) in [5, 5.41) is 10.9. The quantitative estimate of drug-likeness (QED) is 0.891. The average molecular weight is 323 g/mol. The van der Waals surface area contributed by atoms with Gasteiger partial charge in [-0.25, -0.2) is 14.8 Å². The van der Waals surface area contributed by atoms with Gasteiger partial charge in [-0.2, -0.15) is 13.2 Å². The van der Waals surface area contributed by atoms with Crippen LogP contribution < -0.4 is 5.32 Å². The van der Waals surface area contributed by atoms with Crippen molar-refractivity contribution in [3.8, 4) is 0 Å². The largest absolute Gasteiger partial charge is 0.465 e. The van der Waals surface area contributed by atoms with E-state index in [9.17, 15) is 18.0 Å². The fourth-order valence-corrected chi connectivity index (χ4v) is 2.08. The zero-order valence-electron chi connectivity index (χ0n) is 10.9. The smallest absolute Gasteiger partial charge is 0.435 e. The van der Waals surface area contributed by atoms with Crippen LogP contribution in [0.1, 0.15) is 25.4 Å². The van der Waals surface area contributed by atoms with Gasteiger partial charge < -0.3 is 10.4 Å². The van der Waals surface area contributed by atoms with Gasteiger partial charge in [-0.1, -0.05) is 11.6 Å². The lowest BCUT2D eigenvalue weighted by Crippen LogP contribution is -2.41. The van der Waals surface area contributed by atoms with Crippen LogP contribution in [0, 0.1) is 0 Å². The van der Waals surface area contributed by atoms with E-state index in [1.54, 1.807) is 0 Å². The molecule has 0 saturated heterocycles. The minimum absolute atomic E-state index is 0.0407. The number of halogens is 4. The first-order chi connectivity index (χ1) is 9.52. The number of rotatable bonds is 2. The maximum atomic E-state index is 13.0. The highest BCUT2D eigenvalue weighted by atomic mass is 35.5. The Morgan fingerprint density at radius 2 is 2.05 bits per heavy atom. The van der Waals surface area contributed by atoms with Crippen molar-refractivity contribution in [2.24, 2.45) is 0 Å². The molecule has 0 radical (unpaired) electrons. The van der Waals surface area contributed by atoms with E-state index in [0.717, 1.165) is 16.8 Å². The second-order valence-electron chi connectivity index (χ2n) is 4.80. The summed E-state index contributed by atoms with van der Waals surface area (Å²) in [5.41, 5.74) is -2.81. The van der Waals surface area contributed by atoms with E-state index < -0.39 is 23.5 Å². The lowest BCUT2D eigenvalue weighted by atomic mass is 10.1. The van der Waals surface area contributed by atoms with E-state index >= 15 is 0 Å². The van der Waals surface area contributed by atoms with E-state index in [4.69, 9.17) is 16.7 Å². The fourth-order valence-electron chi connectivity index (χ4n) is 1.93. The molecule has 21 heavy (non-hydrogen) atoms. The molecule has 0 aliphatic heterocycles. The number of carboxylic acid groups (broad SMARTS) is 1. The van der Waals surface area contributed by atoms with Gasteiger partial charge in [0.2, 0.25) is 0 Å². The molecule has 0 atom stereocenters. The summed E-state index contributed by atoms with van der Waals surface area (Å²) in [7, 11) is 0. The molecule has 2 aromatic rings. The van der Waals surface area contributed by atoms with Crippen LogP contribution in [0.4, 0.5) is 18.0 Å². The fraction of sp³-hybridized carbons (Fsp3) is 0.364. The molecule has 6 nitrogen and oxygen atoms in total. The molecule has 0 aliphatic rings. The standard InChI is InChI=1S/C11H10ClF3N4O2/c1-10(2,18-9(20)21)8-17-7(11(13,14)15)5-3-16-6(12)4-19(5)8/h3-4,18H,1-2H3,(H,20,21). The molecule has 0 aliphatic carbocycles. The second-order valence-corrected chi connectivity index (χ2v) is 5.19. The summed E-state index contributed by atoms with van der Waals surface area (Å²) in [6, 6.07) is 0. The van der Waals surface area contributed by atoms with Gasteiger partial charge in [-0.3, -0.25) is 4.40 Å². The number of nitrogens with one attached hydrogen (secondary N) is 1. The maximum Gasteiger partial charge on any atom is 0.435 e. The van der Waals surface area contributed by atoms with Crippen molar-refractivity contribution in [3.05, 3.63) is 29.1 Å². The second kappa shape index (κ2) is 4.76. The van der Waals surface area contributed by atoms with Crippen molar-refractivity contribution < 1.29 is 23.1 Å². The number of aromatic nitrogens is 3. The average Bonchev–Trinajstić information content (AvgIpc) is 2.65. The normalized spacial score (nSPS) is 12.7. The summed E-state index contributed by atoms with van der Waals surface area (Å²) < 4.78 is 40.1. The molecule has 0 bridgehead atoms. The first-order valence-corrected chi connectivity index (χ1v) is 6.02. The van der Waals surface area contributed by atoms with Gasteiger partial charge in [0.05, 0.1) is 17.3 Å². The van der Waals surface area contributed by atoms with E-state index in [1.807, 2.05) is 0 Å². The third-order valence-corrected chi connectivity index (χ3v) is 2.94. The van der Waals surface area contributed by atoms with Crippen molar-refractivity contribution in [1.82, 2.24) is 19.7 Å². The molecule has 2 heterocycles. The molecule has 0 aromatic carbocycles. The summed E-state index contributed by atoms with van der Waals surface area (Å²) in [4.78, 5) is 17.9. The van der Waals surface area contributed by atoms with Crippen LogP contribution in [0.3, 0.4) is 0 Å². The monoisotopic (exact) mass is 322 g/mol. The highest BCUT2D eigenvalue weighted by molar-refractivity contribution is 6.29. The van der Waals surface area contributed by atoms with Crippen LogP contribution in [0.15, 0.2) is 12.4 Å². The van der Waals surface area contributed by atoms with Crippen molar-refractivity contribution in [3.63, 3.8) is 0 Å². The summed E-state index contributed by atoms with van der Waals surface area (Å²) in [6.45, 7) is 2.79. The van der Waals surface area contributed by atoms with E-state index in [0.29, 0.717) is 0 Å². The van der Waals surface area contributed by atoms with Gasteiger partial charge in [-0.15, -0.1) is 0 Å². The summed E-state index contributed by atoms with van der Waals surface area (Å²) in [5.74, 6) is -0.142. The van der Waals surface area contributed by atoms with Crippen LogP contribution in [-0.2, 0) is 11.7 Å². The Morgan fingerprint density at radius 3 is 2.57 bits per heavy atom. The molecule has 2 aromatic heterocycles. The molecular formula is C11H10ClF3N4O2. The van der Waals surface area contributed by atoms with E-state index in [1.165, 1.54) is 13.8 Å². The molecule has 114 valence electrons. The van der Waals surface area contributed by atoms with Crippen LogP contribution in [0.2, 0.25) is 5.15 Å². The predicted molar refractivity (Wildman–Crippen MR) is 67.2 cm³/mol. The van der Waals surface area contributed by atoms with Crippen molar-refractivity contribution in [2.75, 3.05) is 0 Å². The van der Waals surface area contributed by atoms with Gasteiger partial charge >= 0.3 is 12.3 Å². The first-order valence-electron chi connectivity index (χ1n) is 5.65. The van der Waals surface area contributed by atoms with Gasteiger partial charge in [0.15, 0.2) is 5.69 Å². The molecule has 1 amide bonds. The van der Waals surface area contributed by atoms with Gasteiger partial charge in [0.25, 0.3) is 0 Å². The Hall–Kier alpha value is -2.03. The SMILES string of the molecule is CC(C)(NC(=O)O)c1nc(C(F)(F)F)c2cnc(Cl)cn12. The number of alkyl halides is 3. The van der Waals surface area contributed by atoms with Crippen LogP contribution in [0.25, 0.3) is 5.52 Å². The number of carbonyl (C=O) groups is 1. The minimum atomic E-state index is -4.70. The highest BCUT2D eigenvalue weighted by Crippen LogP contribution is 2.34. The number of hydrogen-bond acceptors (Lipinski definition) is 3. The van der Waals surface area contributed by atoms with Crippen molar-refractivity contribution >= 4 is 23.2 Å². The zero-order valence-corrected chi connectivity index (χ0v) is 11.6. The van der Waals surface area contributed by atoms with Crippen molar-refractivity contribution in [2.45, 2.75) is 25.6 Å². The molecule has 10 heteroatoms. The number of fused-ring (bicyclic) bond motifs is 1. The van der Waals surface area contributed by atoms with Crippen LogP contribution in [0.5, 0.6) is 0 Å². The van der Waals surface area contributed by atoms with Crippen LogP contribution in [-0.4, -0.2) is 25.6 Å². The maximum absolute atomic E-state index is 13.0. The van der Waals surface area contributed by atoms with Crippen LogP contribution >= 0.6 is 11.6 Å². The number of imidazole rings is 1. The molecule has 2 rings (SSSR count). The van der Waals surface area contributed by atoms with Gasteiger partial charge in [-0.05, 0) is 13.8 Å². The van der Waals surface area contributed by atoms with E-state index in [-0.39, 0.29) is 16.5 Å². The van der Waals surface area contributed by atoms with Gasteiger partial charge in [0.1, 0.15) is 11.0 Å². The summed E-state index contributed by atoms with van der Waals surface area (Å²) in [6.07, 6.45) is -3.98. The van der Waals surface area contributed by atoms with E-state index in [2.05, 4.69) is 15.3 Å². The van der Waals surface area contributed by atoms with Crippen molar-refractivity contribution in [1.29, 1.82) is 0 Å². The lowest BCUT2D eigenvalue weighted by molar-refractivity contribution is -0.139. The Bertz CT molecular complexity index is 711. The molecule has 2 N–H and O–H groups in total. The third kappa shape index (κ3) is 2.87. The number of hydrogen-bond donors (Lipinski definition) is 2. The predicted octanol–water partition coefficient (Wildman–Crippen LogP) is 2.90. The lowest BCUT2D eigenvalue weighted by Gasteiger charge is -2.23. The molecule has 0 saturated carbocycles. The Morgan fingerprint density at radius 1 is 1.43 bits per heavy atom. The molecular weight excluding hydrogens is 313 g/mol.